The molecule has 0 fully saturated rings. The van der Waals surface area contributed by atoms with E-state index in [9.17, 15) is 4.79 Å². The van der Waals surface area contributed by atoms with Crippen LogP contribution < -0.4 is 10.1 Å². The van der Waals surface area contributed by atoms with Crippen molar-refractivity contribution in [3.8, 4) is 5.75 Å². The summed E-state index contributed by atoms with van der Waals surface area (Å²) in [4.78, 5) is 14.0. The zero-order chi connectivity index (χ0) is 15.9. The summed E-state index contributed by atoms with van der Waals surface area (Å²) in [6, 6.07) is 15.7. The highest BCUT2D eigenvalue weighted by atomic mass is 16.5. The Morgan fingerprint density at radius 1 is 1.18 bits per heavy atom. The summed E-state index contributed by atoms with van der Waals surface area (Å²) in [6.07, 6.45) is 0. The number of nitrogens with one attached hydrogen (secondary N) is 1. The molecule has 4 heteroatoms. The molecule has 0 heterocycles. The van der Waals surface area contributed by atoms with E-state index in [0.29, 0.717) is 13.1 Å². The first kappa shape index (κ1) is 16.0. The smallest absolute Gasteiger partial charge is 0.238 e. The molecular weight excluding hydrogens is 276 g/mol. The minimum Gasteiger partial charge on any atom is -0.497 e. The molecule has 0 aliphatic heterocycles. The van der Waals surface area contributed by atoms with Gasteiger partial charge in [0.1, 0.15) is 5.75 Å². The van der Waals surface area contributed by atoms with Crippen molar-refractivity contribution >= 4 is 11.6 Å². The number of amides is 1. The number of carbonyl (C=O) groups excluding carboxylic acids is 1. The van der Waals surface area contributed by atoms with Crippen LogP contribution >= 0.6 is 0 Å². The zero-order valence-corrected chi connectivity index (χ0v) is 13.3. The minimum atomic E-state index is -0.0176. The highest BCUT2D eigenvalue weighted by Crippen LogP contribution is 2.14. The molecule has 1 amide bonds. The van der Waals surface area contributed by atoms with Gasteiger partial charge in [0, 0.05) is 12.2 Å². The van der Waals surface area contributed by atoms with Crippen molar-refractivity contribution in [3.63, 3.8) is 0 Å². The molecule has 0 radical (unpaired) electrons. The predicted molar refractivity (Wildman–Crippen MR) is 89.1 cm³/mol. The molecule has 0 aliphatic rings. The van der Waals surface area contributed by atoms with Gasteiger partial charge in [0.25, 0.3) is 0 Å². The van der Waals surface area contributed by atoms with Gasteiger partial charge in [-0.15, -0.1) is 0 Å². The zero-order valence-electron chi connectivity index (χ0n) is 13.3. The molecule has 2 rings (SSSR count). The van der Waals surface area contributed by atoms with Gasteiger partial charge < -0.3 is 10.1 Å². The van der Waals surface area contributed by atoms with E-state index >= 15 is 0 Å². The fourth-order valence-electron chi connectivity index (χ4n) is 2.31. The summed E-state index contributed by atoms with van der Waals surface area (Å²) in [7, 11) is 3.58. The second kappa shape index (κ2) is 7.61. The van der Waals surface area contributed by atoms with Gasteiger partial charge >= 0.3 is 0 Å². The number of hydrogen-bond donors (Lipinski definition) is 1. The van der Waals surface area contributed by atoms with Crippen molar-refractivity contribution in [2.75, 3.05) is 26.0 Å². The molecule has 0 unspecified atom stereocenters. The Bertz CT molecular complexity index is 640. The summed E-state index contributed by atoms with van der Waals surface area (Å²) in [5.41, 5.74) is 3.08. The van der Waals surface area contributed by atoms with Crippen molar-refractivity contribution in [1.82, 2.24) is 4.90 Å². The third kappa shape index (κ3) is 4.90. The number of likely N-dealkylation sites (N-methyl/N-ethyl adjacent to an activating group) is 1. The summed E-state index contributed by atoms with van der Waals surface area (Å²) in [5.74, 6) is 0.811. The Labute approximate surface area is 131 Å². The molecule has 0 aromatic heterocycles. The number of nitrogens with zero attached hydrogens (tertiary/aromatic N) is 1. The molecule has 0 saturated carbocycles. The molecule has 2 aromatic rings. The molecule has 22 heavy (non-hydrogen) atoms. The van der Waals surface area contributed by atoms with E-state index in [4.69, 9.17) is 4.74 Å². The maximum Gasteiger partial charge on any atom is 0.238 e. The van der Waals surface area contributed by atoms with Gasteiger partial charge in [-0.3, -0.25) is 9.69 Å². The normalized spacial score (nSPS) is 10.5. The van der Waals surface area contributed by atoms with Crippen LogP contribution in [0.25, 0.3) is 0 Å². The van der Waals surface area contributed by atoms with Gasteiger partial charge in [-0.25, -0.2) is 0 Å². The van der Waals surface area contributed by atoms with Crippen LogP contribution in [0.2, 0.25) is 0 Å². The monoisotopic (exact) mass is 298 g/mol. The number of hydrogen-bond acceptors (Lipinski definition) is 3. The van der Waals surface area contributed by atoms with E-state index in [1.54, 1.807) is 7.11 Å². The number of anilines is 1. The van der Waals surface area contributed by atoms with Crippen LogP contribution in [0, 0.1) is 6.92 Å². The average Bonchev–Trinajstić information content (AvgIpc) is 2.47. The first-order valence-electron chi connectivity index (χ1n) is 7.25. The first-order valence-corrected chi connectivity index (χ1v) is 7.25. The molecule has 0 atom stereocenters. The van der Waals surface area contributed by atoms with Gasteiger partial charge in [0.2, 0.25) is 5.91 Å². The predicted octanol–water partition coefficient (Wildman–Crippen LogP) is 3.07. The fourth-order valence-corrected chi connectivity index (χ4v) is 2.31. The third-order valence-corrected chi connectivity index (χ3v) is 3.30. The van der Waals surface area contributed by atoms with E-state index in [2.05, 4.69) is 5.32 Å². The van der Waals surface area contributed by atoms with Gasteiger partial charge in [0.05, 0.1) is 13.7 Å². The number of benzene rings is 2. The van der Waals surface area contributed by atoms with Crippen LogP contribution in [0.5, 0.6) is 5.75 Å². The van der Waals surface area contributed by atoms with Gasteiger partial charge in [-0.05, 0) is 49.4 Å². The molecule has 0 aliphatic carbocycles. The average molecular weight is 298 g/mol. The quantitative estimate of drug-likeness (QED) is 0.891. The summed E-state index contributed by atoms with van der Waals surface area (Å²) >= 11 is 0. The summed E-state index contributed by atoms with van der Waals surface area (Å²) in [5, 5.41) is 2.92. The third-order valence-electron chi connectivity index (χ3n) is 3.30. The van der Waals surface area contributed by atoms with E-state index in [-0.39, 0.29) is 5.91 Å². The lowest BCUT2D eigenvalue weighted by atomic mass is 10.2. The van der Waals surface area contributed by atoms with Gasteiger partial charge in [-0.1, -0.05) is 24.3 Å². The van der Waals surface area contributed by atoms with E-state index in [0.717, 1.165) is 22.6 Å². The van der Waals surface area contributed by atoms with Crippen LogP contribution in [0.3, 0.4) is 0 Å². The largest absolute Gasteiger partial charge is 0.497 e. The molecule has 0 saturated heterocycles. The second-order valence-corrected chi connectivity index (χ2v) is 5.44. The Morgan fingerprint density at radius 3 is 2.68 bits per heavy atom. The van der Waals surface area contributed by atoms with Crippen LogP contribution in [-0.4, -0.2) is 31.5 Å². The Morgan fingerprint density at radius 2 is 1.95 bits per heavy atom. The minimum absolute atomic E-state index is 0.0176. The van der Waals surface area contributed by atoms with Crippen molar-refractivity contribution < 1.29 is 9.53 Å². The fraction of sp³-hybridized carbons (Fsp3) is 0.278. The molecule has 116 valence electrons. The van der Waals surface area contributed by atoms with Crippen molar-refractivity contribution in [3.05, 3.63) is 59.7 Å². The number of methoxy groups -OCH3 is 1. The lowest BCUT2D eigenvalue weighted by Gasteiger charge is -2.17. The maximum absolute atomic E-state index is 12.1. The number of carbonyl (C=O) groups is 1. The van der Waals surface area contributed by atoms with Crippen molar-refractivity contribution in [2.45, 2.75) is 13.5 Å². The van der Waals surface area contributed by atoms with Crippen molar-refractivity contribution in [1.29, 1.82) is 0 Å². The van der Waals surface area contributed by atoms with Crippen LogP contribution in [0.15, 0.2) is 48.5 Å². The number of rotatable bonds is 6. The molecule has 2 aromatic carbocycles. The van der Waals surface area contributed by atoms with Crippen LogP contribution in [-0.2, 0) is 11.3 Å². The summed E-state index contributed by atoms with van der Waals surface area (Å²) in [6.45, 7) is 3.04. The Kier molecular flexibility index (Phi) is 5.55. The molecular formula is C18H22N2O2. The first-order chi connectivity index (χ1) is 10.6. The van der Waals surface area contributed by atoms with E-state index in [1.807, 2.05) is 67.4 Å². The van der Waals surface area contributed by atoms with Crippen LogP contribution in [0.4, 0.5) is 5.69 Å². The van der Waals surface area contributed by atoms with Crippen LogP contribution in [0.1, 0.15) is 11.1 Å². The molecule has 1 N–H and O–H groups in total. The molecule has 0 spiro atoms. The van der Waals surface area contributed by atoms with Gasteiger partial charge in [-0.2, -0.15) is 0 Å². The number of aryl methyl sites for hydroxylation is 1. The van der Waals surface area contributed by atoms with E-state index < -0.39 is 0 Å². The van der Waals surface area contributed by atoms with Gasteiger partial charge in [0.15, 0.2) is 0 Å². The maximum atomic E-state index is 12.1. The number of ether oxygens (including phenoxy) is 1. The lowest BCUT2D eigenvalue weighted by molar-refractivity contribution is -0.117. The van der Waals surface area contributed by atoms with Crippen molar-refractivity contribution in [2.24, 2.45) is 0 Å². The topological polar surface area (TPSA) is 41.6 Å². The Hall–Kier alpha value is -2.33. The lowest BCUT2D eigenvalue weighted by Crippen LogP contribution is -2.29. The SMILES string of the molecule is COc1cccc(CN(C)CC(=O)Nc2cccc(C)c2)c1. The second-order valence-electron chi connectivity index (χ2n) is 5.44. The molecule has 0 bridgehead atoms. The van der Waals surface area contributed by atoms with E-state index in [1.165, 1.54) is 0 Å². The molecule has 4 nitrogen and oxygen atoms in total. The Balaban J connectivity index is 1.88. The summed E-state index contributed by atoms with van der Waals surface area (Å²) < 4.78 is 5.21. The highest BCUT2D eigenvalue weighted by Gasteiger charge is 2.08. The standard InChI is InChI=1S/C18H22N2O2/c1-14-6-4-8-16(10-14)19-18(21)13-20(2)12-15-7-5-9-17(11-15)22-3/h4-11H,12-13H2,1-3H3,(H,19,21). The highest BCUT2D eigenvalue weighted by molar-refractivity contribution is 5.92.